The molecule has 0 aliphatic rings. The maximum absolute atomic E-state index is 10.7. The first kappa shape index (κ1) is 14.7. The minimum atomic E-state index is -0.824. The Hall–Kier alpha value is -1.40. The summed E-state index contributed by atoms with van der Waals surface area (Å²) in [5.74, 6) is -0.824. The second kappa shape index (κ2) is 6.51. The third-order valence-electron chi connectivity index (χ3n) is 2.67. The monoisotopic (exact) mass is 409 g/mol. The van der Waals surface area contributed by atoms with E-state index in [1.807, 2.05) is 49.4 Å². The molecule has 2 nitrogen and oxygen atoms in total. The van der Waals surface area contributed by atoms with Crippen molar-refractivity contribution in [3.8, 4) is 11.1 Å². The molecule has 0 amide bonds. The summed E-state index contributed by atoms with van der Waals surface area (Å²) in [6.45, 7) is 1.91. The number of rotatable bonds is 3. The third kappa shape index (κ3) is 3.54. The van der Waals surface area contributed by atoms with Gasteiger partial charge in [0.1, 0.15) is 0 Å². The van der Waals surface area contributed by atoms with Crippen LogP contribution in [0.2, 0.25) is 0 Å². The fourth-order valence-electron chi connectivity index (χ4n) is 1.73. The third-order valence-corrected chi connectivity index (χ3v) is 2.67. The van der Waals surface area contributed by atoms with Crippen molar-refractivity contribution in [1.82, 2.24) is 0 Å². The molecular weight excluding hydrogens is 396 g/mol. The number of hydrogen-bond donors (Lipinski definition) is 1. The summed E-state index contributed by atoms with van der Waals surface area (Å²) in [6.07, 6.45) is 0.0203. The molecule has 0 bridgehead atoms. The Labute approximate surface area is 121 Å². The van der Waals surface area contributed by atoms with Gasteiger partial charge in [0.2, 0.25) is 0 Å². The minimum Gasteiger partial charge on any atom is -0.481 e. The van der Waals surface area contributed by atoms with Gasteiger partial charge in [-0.3, -0.25) is 4.79 Å². The molecule has 0 aliphatic carbocycles. The molecule has 0 fully saturated rings. The average molecular weight is 409 g/mol. The van der Waals surface area contributed by atoms with E-state index >= 15 is 0 Å². The molecule has 0 aromatic heterocycles. The van der Waals surface area contributed by atoms with Crippen LogP contribution in [0.5, 0.6) is 0 Å². The maximum Gasteiger partial charge on any atom is 0.306 e. The van der Waals surface area contributed by atoms with Crippen LogP contribution in [-0.4, -0.2) is 11.1 Å². The molecule has 92 valence electrons. The molecule has 0 saturated heterocycles. The van der Waals surface area contributed by atoms with Crippen molar-refractivity contribution in [2.75, 3.05) is 0 Å². The van der Waals surface area contributed by atoms with Gasteiger partial charge in [-0.2, -0.15) is 0 Å². The average Bonchev–Trinajstić information content (AvgIpc) is 2.32. The van der Waals surface area contributed by atoms with Gasteiger partial charge in [-0.05, 0) is 0 Å². The zero-order valence-corrected chi connectivity index (χ0v) is 12.9. The molecule has 0 unspecified atom stereocenters. The van der Waals surface area contributed by atoms with E-state index in [1.165, 1.54) is 0 Å². The molecule has 1 N–H and O–H groups in total. The van der Waals surface area contributed by atoms with Gasteiger partial charge in [0.25, 0.3) is 0 Å². The van der Waals surface area contributed by atoms with E-state index < -0.39 is 5.97 Å². The van der Waals surface area contributed by atoms with Crippen molar-refractivity contribution >= 4 is 5.97 Å². The van der Waals surface area contributed by atoms with Crippen molar-refractivity contribution < 1.29 is 31.0 Å². The van der Waals surface area contributed by atoms with Gasteiger partial charge < -0.3 is 5.11 Å². The number of carboxylic acid groups (broad SMARTS) is 1. The second-order valence-corrected chi connectivity index (χ2v) is 3.97. The summed E-state index contributed by atoms with van der Waals surface area (Å²) < 4.78 is 0. The Balaban J connectivity index is 0.00000162. The van der Waals surface area contributed by atoms with Gasteiger partial charge in [0.05, 0.1) is 6.42 Å². The smallest absolute Gasteiger partial charge is 0.306 e. The van der Waals surface area contributed by atoms with Crippen molar-refractivity contribution in [2.45, 2.75) is 13.3 Å². The Morgan fingerprint density at radius 3 is 2.44 bits per heavy atom. The van der Waals surface area contributed by atoms with Crippen molar-refractivity contribution in [3.05, 3.63) is 59.7 Å². The minimum absolute atomic E-state index is 0. The number of carboxylic acids is 1. The van der Waals surface area contributed by atoms with E-state index in [1.54, 1.807) is 0 Å². The summed E-state index contributed by atoms with van der Waals surface area (Å²) in [6, 6.07) is 16.9. The Morgan fingerprint density at radius 1 is 1.17 bits per heavy atom. The summed E-state index contributed by atoms with van der Waals surface area (Å²) in [5, 5.41) is 8.83. The molecule has 0 saturated carbocycles. The van der Waals surface area contributed by atoms with Gasteiger partial charge in [0.15, 0.2) is 0 Å². The number of aryl methyl sites for hydroxylation is 1. The van der Waals surface area contributed by atoms with Crippen LogP contribution < -0.4 is 0 Å². The maximum atomic E-state index is 10.7. The van der Waals surface area contributed by atoms with Crippen LogP contribution >= 0.6 is 0 Å². The molecule has 0 heterocycles. The first-order valence-electron chi connectivity index (χ1n) is 5.46. The molecule has 2 rings (SSSR count). The largest absolute Gasteiger partial charge is 0.481 e. The predicted octanol–water partition coefficient (Wildman–Crippen LogP) is 3.09. The zero-order chi connectivity index (χ0) is 12.3. The first-order valence-corrected chi connectivity index (χ1v) is 5.46. The molecule has 2 aromatic rings. The molecule has 0 spiro atoms. The second-order valence-electron chi connectivity index (χ2n) is 3.97. The molecule has 3 heteroatoms. The molecule has 0 atom stereocenters. The van der Waals surface area contributed by atoms with Gasteiger partial charge in [-0.25, -0.2) is 0 Å². The van der Waals surface area contributed by atoms with E-state index in [2.05, 4.69) is 6.07 Å². The SMILES string of the molecule is Cc1ccc(-c2ccccc2)[c-]c1CC(=O)O.[W]. The van der Waals surface area contributed by atoms with Gasteiger partial charge in [0, 0.05) is 21.1 Å². The standard InChI is InChI=1S/C15H13O2.W/c1-11-7-8-13(9-14(11)10-15(16)17)12-5-3-2-4-6-12;/h2-8H,10H2,1H3,(H,16,17);/q-1;. The Bertz CT molecular complexity index is 535. The number of hydrogen-bond acceptors (Lipinski definition) is 1. The summed E-state index contributed by atoms with van der Waals surface area (Å²) in [5.41, 5.74) is 3.71. The van der Waals surface area contributed by atoms with Crippen LogP contribution in [0.15, 0.2) is 42.5 Å². The molecule has 18 heavy (non-hydrogen) atoms. The van der Waals surface area contributed by atoms with Crippen LogP contribution in [0.4, 0.5) is 0 Å². The van der Waals surface area contributed by atoms with Crippen molar-refractivity contribution in [1.29, 1.82) is 0 Å². The molecule has 0 radical (unpaired) electrons. The van der Waals surface area contributed by atoms with Crippen LogP contribution in [-0.2, 0) is 32.3 Å². The van der Waals surface area contributed by atoms with Gasteiger partial charge in [-0.15, -0.1) is 34.9 Å². The normalized spacial score (nSPS) is 9.61. The first-order chi connectivity index (χ1) is 8.16. The topological polar surface area (TPSA) is 37.3 Å². The molecule has 2 aromatic carbocycles. The fraction of sp³-hybridized carbons (Fsp3) is 0.133. The van der Waals surface area contributed by atoms with Crippen LogP contribution in [0.25, 0.3) is 11.1 Å². The van der Waals surface area contributed by atoms with E-state index in [-0.39, 0.29) is 27.5 Å². The van der Waals surface area contributed by atoms with Crippen LogP contribution in [0, 0.1) is 13.0 Å². The zero-order valence-electron chi connectivity index (χ0n) is 10.0. The summed E-state index contributed by atoms with van der Waals surface area (Å²) >= 11 is 0. The van der Waals surface area contributed by atoms with Gasteiger partial charge in [-0.1, -0.05) is 42.8 Å². The molecule has 0 aliphatic heterocycles. The van der Waals surface area contributed by atoms with E-state index in [4.69, 9.17) is 5.11 Å². The van der Waals surface area contributed by atoms with E-state index in [0.717, 1.165) is 22.3 Å². The van der Waals surface area contributed by atoms with Crippen LogP contribution in [0.3, 0.4) is 0 Å². The number of carbonyl (C=O) groups is 1. The Kier molecular flexibility index (Phi) is 5.30. The quantitative estimate of drug-likeness (QED) is 0.792. The van der Waals surface area contributed by atoms with Crippen molar-refractivity contribution in [2.24, 2.45) is 0 Å². The summed E-state index contributed by atoms with van der Waals surface area (Å²) in [4.78, 5) is 10.7. The van der Waals surface area contributed by atoms with Crippen LogP contribution in [0.1, 0.15) is 11.1 Å². The Morgan fingerprint density at radius 2 is 1.83 bits per heavy atom. The number of benzene rings is 2. The van der Waals surface area contributed by atoms with E-state index in [9.17, 15) is 4.79 Å². The fourth-order valence-corrected chi connectivity index (χ4v) is 1.73. The number of aliphatic carboxylic acids is 1. The summed E-state index contributed by atoms with van der Waals surface area (Å²) in [7, 11) is 0. The predicted molar refractivity (Wildman–Crippen MR) is 66.8 cm³/mol. The molecular formula is C15H13O2W-. The van der Waals surface area contributed by atoms with Gasteiger partial charge >= 0.3 is 5.97 Å². The van der Waals surface area contributed by atoms with Crippen molar-refractivity contribution in [3.63, 3.8) is 0 Å². The van der Waals surface area contributed by atoms with E-state index in [0.29, 0.717) is 0 Å².